The first kappa shape index (κ1) is 17.3. The molecule has 0 spiro atoms. The molecule has 21 heavy (non-hydrogen) atoms. The number of hydrogen-bond donors (Lipinski definition) is 0. The molecule has 1 aromatic carbocycles. The van der Waals surface area contributed by atoms with Crippen LogP contribution in [0.2, 0.25) is 0 Å². The molecule has 0 bridgehead atoms. The van der Waals surface area contributed by atoms with Gasteiger partial charge in [0, 0.05) is 0 Å². The van der Waals surface area contributed by atoms with Crippen LogP contribution in [-0.4, -0.2) is 26.3 Å². The Labute approximate surface area is 127 Å². The van der Waals surface area contributed by atoms with Crippen LogP contribution in [0.1, 0.15) is 51.5 Å². The molecular formula is C17H26O4. The molecule has 4 nitrogen and oxygen atoms in total. The summed E-state index contributed by atoms with van der Waals surface area (Å²) in [5.41, 5.74) is 0.919. The second-order valence-corrected chi connectivity index (χ2v) is 4.79. The topological polar surface area (TPSA) is 44.8 Å². The highest BCUT2D eigenvalue weighted by Crippen LogP contribution is 2.33. The van der Waals surface area contributed by atoms with Crippen LogP contribution in [0.25, 0.3) is 0 Å². The number of esters is 1. The standard InChI is InChI=1S/C17H26O4/c1-5-8-9-14(17(18)19-4)13-10-11-15(20-6-2)16(12-13)21-7-3/h10-12,14H,5-9H2,1-4H3. The molecular weight excluding hydrogens is 268 g/mol. The summed E-state index contributed by atoms with van der Waals surface area (Å²) in [5.74, 6) is 0.948. The summed E-state index contributed by atoms with van der Waals surface area (Å²) in [6.07, 6.45) is 2.81. The average Bonchev–Trinajstić information content (AvgIpc) is 2.50. The maximum atomic E-state index is 12.0. The lowest BCUT2D eigenvalue weighted by Crippen LogP contribution is -2.14. The van der Waals surface area contributed by atoms with Crippen LogP contribution in [-0.2, 0) is 9.53 Å². The van der Waals surface area contributed by atoms with Gasteiger partial charge < -0.3 is 14.2 Å². The highest BCUT2D eigenvalue weighted by Gasteiger charge is 2.22. The Kier molecular flexibility index (Phi) is 7.65. The minimum absolute atomic E-state index is 0.199. The predicted molar refractivity (Wildman–Crippen MR) is 83.1 cm³/mol. The minimum Gasteiger partial charge on any atom is -0.490 e. The Balaban J connectivity index is 3.06. The van der Waals surface area contributed by atoms with Crippen LogP contribution >= 0.6 is 0 Å². The minimum atomic E-state index is -0.246. The lowest BCUT2D eigenvalue weighted by Gasteiger charge is -2.17. The molecule has 0 saturated heterocycles. The number of methoxy groups -OCH3 is 1. The first-order valence-corrected chi connectivity index (χ1v) is 7.65. The zero-order valence-electron chi connectivity index (χ0n) is 13.5. The van der Waals surface area contributed by atoms with Gasteiger partial charge >= 0.3 is 5.97 Å². The van der Waals surface area contributed by atoms with Crippen molar-refractivity contribution in [3.8, 4) is 11.5 Å². The Bertz CT molecular complexity index is 442. The van der Waals surface area contributed by atoms with E-state index in [1.165, 1.54) is 7.11 Å². The fourth-order valence-electron chi connectivity index (χ4n) is 2.26. The van der Waals surface area contributed by atoms with Crippen molar-refractivity contribution < 1.29 is 19.0 Å². The molecule has 0 aromatic heterocycles. The van der Waals surface area contributed by atoms with Gasteiger partial charge in [0.25, 0.3) is 0 Å². The monoisotopic (exact) mass is 294 g/mol. The van der Waals surface area contributed by atoms with E-state index in [1.54, 1.807) is 0 Å². The van der Waals surface area contributed by atoms with Gasteiger partial charge in [-0.2, -0.15) is 0 Å². The molecule has 0 N–H and O–H groups in total. The number of unbranched alkanes of at least 4 members (excludes halogenated alkanes) is 1. The van der Waals surface area contributed by atoms with Gasteiger partial charge in [0.15, 0.2) is 11.5 Å². The van der Waals surface area contributed by atoms with Crippen LogP contribution in [0, 0.1) is 0 Å². The molecule has 0 amide bonds. The fraction of sp³-hybridized carbons (Fsp3) is 0.588. The summed E-state index contributed by atoms with van der Waals surface area (Å²) < 4.78 is 16.1. The molecule has 0 heterocycles. The van der Waals surface area contributed by atoms with Crippen molar-refractivity contribution in [2.75, 3.05) is 20.3 Å². The number of benzene rings is 1. The van der Waals surface area contributed by atoms with E-state index in [-0.39, 0.29) is 11.9 Å². The highest BCUT2D eigenvalue weighted by molar-refractivity contribution is 5.78. The molecule has 0 radical (unpaired) electrons. The molecule has 0 aliphatic carbocycles. The fourth-order valence-corrected chi connectivity index (χ4v) is 2.26. The molecule has 0 aliphatic rings. The number of rotatable bonds is 9. The number of ether oxygens (including phenoxy) is 3. The lowest BCUT2D eigenvalue weighted by molar-refractivity contribution is -0.142. The van der Waals surface area contributed by atoms with E-state index < -0.39 is 0 Å². The van der Waals surface area contributed by atoms with Crippen LogP contribution in [0.3, 0.4) is 0 Å². The summed E-state index contributed by atoms with van der Waals surface area (Å²) in [7, 11) is 1.43. The molecule has 1 atom stereocenters. The van der Waals surface area contributed by atoms with Gasteiger partial charge in [-0.05, 0) is 38.0 Å². The van der Waals surface area contributed by atoms with E-state index in [4.69, 9.17) is 14.2 Å². The molecule has 4 heteroatoms. The summed E-state index contributed by atoms with van der Waals surface area (Å²) in [6, 6.07) is 5.68. The van der Waals surface area contributed by atoms with Gasteiger partial charge in [-0.1, -0.05) is 25.8 Å². The zero-order valence-corrected chi connectivity index (χ0v) is 13.5. The summed E-state index contributed by atoms with van der Waals surface area (Å²) >= 11 is 0. The number of carbonyl (C=O) groups is 1. The van der Waals surface area contributed by atoms with Gasteiger partial charge in [0.2, 0.25) is 0 Å². The van der Waals surface area contributed by atoms with Gasteiger partial charge in [-0.15, -0.1) is 0 Å². The first-order chi connectivity index (χ1) is 10.2. The predicted octanol–water partition coefficient (Wildman–Crippen LogP) is 3.93. The molecule has 118 valence electrons. The van der Waals surface area contributed by atoms with Gasteiger partial charge in [-0.25, -0.2) is 0 Å². The van der Waals surface area contributed by atoms with Crippen molar-refractivity contribution in [1.29, 1.82) is 0 Å². The maximum absolute atomic E-state index is 12.0. The van der Waals surface area contributed by atoms with E-state index in [0.29, 0.717) is 24.7 Å². The number of hydrogen-bond acceptors (Lipinski definition) is 4. The van der Waals surface area contributed by atoms with Gasteiger partial charge in [0.05, 0.1) is 26.2 Å². The van der Waals surface area contributed by atoms with Crippen molar-refractivity contribution in [1.82, 2.24) is 0 Å². The zero-order chi connectivity index (χ0) is 15.7. The second kappa shape index (κ2) is 9.27. The summed E-state index contributed by atoms with van der Waals surface area (Å²) in [6.45, 7) is 7.11. The van der Waals surface area contributed by atoms with E-state index in [2.05, 4.69) is 6.92 Å². The summed E-state index contributed by atoms with van der Waals surface area (Å²) in [5, 5.41) is 0. The Morgan fingerprint density at radius 1 is 1.10 bits per heavy atom. The third-order valence-electron chi connectivity index (χ3n) is 3.30. The lowest BCUT2D eigenvalue weighted by atomic mass is 9.93. The molecule has 0 fully saturated rings. The van der Waals surface area contributed by atoms with E-state index in [1.807, 2.05) is 32.0 Å². The molecule has 0 saturated carbocycles. The maximum Gasteiger partial charge on any atom is 0.313 e. The third-order valence-corrected chi connectivity index (χ3v) is 3.30. The van der Waals surface area contributed by atoms with Crippen LogP contribution in [0.15, 0.2) is 18.2 Å². The van der Waals surface area contributed by atoms with Crippen molar-refractivity contribution in [3.63, 3.8) is 0 Å². The van der Waals surface area contributed by atoms with Gasteiger partial charge in [0.1, 0.15) is 0 Å². The van der Waals surface area contributed by atoms with Crippen molar-refractivity contribution >= 4 is 5.97 Å². The Morgan fingerprint density at radius 3 is 2.33 bits per heavy atom. The highest BCUT2D eigenvalue weighted by atomic mass is 16.5. The average molecular weight is 294 g/mol. The summed E-state index contributed by atoms with van der Waals surface area (Å²) in [4.78, 5) is 12.0. The van der Waals surface area contributed by atoms with Crippen LogP contribution < -0.4 is 9.47 Å². The van der Waals surface area contributed by atoms with E-state index in [9.17, 15) is 4.79 Å². The smallest absolute Gasteiger partial charge is 0.313 e. The van der Waals surface area contributed by atoms with E-state index in [0.717, 1.165) is 24.8 Å². The van der Waals surface area contributed by atoms with Crippen molar-refractivity contribution in [3.05, 3.63) is 23.8 Å². The van der Waals surface area contributed by atoms with Crippen LogP contribution in [0.5, 0.6) is 11.5 Å². The molecule has 1 rings (SSSR count). The van der Waals surface area contributed by atoms with Crippen molar-refractivity contribution in [2.45, 2.75) is 46.0 Å². The molecule has 0 aliphatic heterocycles. The number of carbonyl (C=O) groups excluding carboxylic acids is 1. The Morgan fingerprint density at radius 2 is 1.76 bits per heavy atom. The van der Waals surface area contributed by atoms with Crippen LogP contribution in [0.4, 0.5) is 0 Å². The quantitative estimate of drug-likeness (QED) is 0.647. The van der Waals surface area contributed by atoms with E-state index >= 15 is 0 Å². The van der Waals surface area contributed by atoms with Gasteiger partial charge in [-0.3, -0.25) is 4.79 Å². The normalized spacial score (nSPS) is 11.8. The molecule has 1 aromatic rings. The first-order valence-electron chi connectivity index (χ1n) is 7.65. The molecule has 1 unspecified atom stereocenters. The third kappa shape index (κ3) is 4.96. The second-order valence-electron chi connectivity index (χ2n) is 4.79. The van der Waals surface area contributed by atoms with Crippen molar-refractivity contribution in [2.24, 2.45) is 0 Å². The SMILES string of the molecule is CCCCC(C(=O)OC)c1ccc(OCC)c(OCC)c1. The largest absolute Gasteiger partial charge is 0.490 e. The Hall–Kier alpha value is -1.71.